The smallest absolute Gasteiger partial charge is 0.286 e. The maximum absolute atomic E-state index is 12.3. The van der Waals surface area contributed by atoms with Crippen molar-refractivity contribution in [1.82, 2.24) is 0 Å². The summed E-state index contributed by atoms with van der Waals surface area (Å²) in [5.74, 6) is 0.473. The van der Waals surface area contributed by atoms with Gasteiger partial charge in [0.1, 0.15) is 10.7 Å². The van der Waals surface area contributed by atoms with Gasteiger partial charge in [-0.15, -0.1) is 4.40 Å². The van der Waals surface area contributed by atoms with Crippen molar-refractivity contribution in [3.63, 3.8) is 0 Å². The largest absolute Gasteiger partial charge is 0.364 e. The number of aryl methyl sites for hydroxylation is 1. The van der Waals surface area contributed by atoms with Crippen LogP contribution in [0.2, 0.25) is 0 Å². The molecule has 4 rings (SSSR count). The van der Waals surface area contributed by atoms with Crippen molar-refractivity contribution < 1.29 is 8.42 Å². The Bertz CT molecular complexity index is 890. The zero-order valence-electron chi connectivity index (χ0n) is 12.6. The molecular weight excluding hydrogens is 310 g/mol. The van der Waals surface area contributed by atoms with Crippen LogP contribution in [0.15, 0.2) is 57.8 Å². The molecule has 0 aliphatic carbocycles. The van der Waals surface area contributed by atoms with Gasteiger partial charge in [0.15, 0.2) is 0 Å². The number of fused-ring (bicyclic) bond motifs is 2. The molecular formula is C17H17N3O2S. The van der Waals surface area contributed by atoms with Crippen LogP contribution in [0, 0.1) is 0 Å². The molecule has 0 saturated heterocycles. The van der Waals surface area contributed by atoms with E-state index in [0.29, 0.717) is 18.1 Å². The third-order valence-corrected chi connectivity index (χ3v) is 5.59. The topological polar surface area (TPSA) is 61.8 Å². The Hall–Kier alpha value is -2.34. The van der Waals surface area contributed by atoms with Crippen LogP contribution in [-0.2, 0) is 16.4 Å². The van der Waals surface area contributed by atoms with E-state index in [0.717, 1.165) is 19.4 Å². The molecule has 0 radical (unpaired) electrons. The summed E-state index contributed by atoms with van der Waals surface area (Å²) < 4.78 is 28.6. The zero-order valence-corrected chi connectivity index (χ0v) is 13.4. The predicted molar refractivity (Wildman–Crippen MR) is 91.7 cm³/mol. The number of sulfonamides is 1. The molecule has 23 heavy (non-hydrogen) atoms. The number of rotatable bonds is 2. The van der Waals surface area contributed by atoms with Crippen molar-refractivity contribution in [3.05, 3.63) is 54.1 Å². The SMILES string of the molecule is O=S1(=O)N=C(CN2CCCc3ccccc32)Nc2ccccc21. The number of nitrogens with zero attached hydrogens (tertiary/aromatic N) is 2. The van der Waals surface area contributed by atoms with Gasteiger partial charge in [-0.1, -0.05) is 30.3 Å². The summed E-state index contributed by atoms with van der Waals surface area (Å²) in [4.78, 5) is 2.43. The molecule has 1 N–H and O–H groups in total. The van der Waals surface area contributed by atoms with Gasteiger partial charge in [0, 0.05) is 12.2 Å². The molecule has 0 bridgehead atoms. The molecule has 0 spiro atoms. The summed E-state index contributed by atoms with van der Waals surface area (Å²) in [7, 11) is -3.62. The van der Waals surface area contributed by atoms with Gasteiger partial charge < -0.3 is 10.2 Å². The molecule has 2 aliphatic rings. The molecule has 0 unspecified atom stereocenters. The van der Waals surface area contributed by atoms with Gasteiger partial charge >= 0.3 is 0 Å². The van der Waals surface area contributed by atoms with E-state index < -0.39 is 10.0 Å². The fourth-order valence-corrected chi connectivity index (χ4v) is 4.33. The van der Waals surface area contributed by atoms with Crippen LogP contribution in [0.4, 0.5) is 11.4 Å². The molecule has 2 heterocycles. The summed E-state index contributed by atoms with van der Waals surface area (Å²) in [6, 6.07) is 15.1. The first-order chi connectivity index (χ1) is 11.1. The highest BCUT2D eigenvalue weighted by atomic mass is 32.2. The fourth-order valence-electron chi connectivity index (χ4n) is 3.19. The normalized spacial score (nSPS) is 18.4. The first kappa shape index (κ1) is 14.3. The number of hydrogen-bond acceptors (Lipinski definition) is 4. The van der Waals surface area contributed by atoms with Crippen molar-refractivity contribution in [2.75, 3.05) is 23.3 Å². The van der Waals surface area contributed by atoms with Crippen LogP contribution in [0.5, 0.6) is 0 Å². The van der Waals surface area contributed by atoms with Gasteiger partial charge in [0.2, 0.25) is 0 Å². The van der Waals surface area contributed by atoms with Crippen LogP contribution in [0.1, 0.15) is 12.0 Å². The van der Waals surface area contributed by atoms with Crippen molar-refractivity contribution in [3.8, 4) is 0 Å². The van der Waals surface area contributed by atoms with Gasteiger partial charge in [-0.05, 0) is 36.6 Å². The molecule has 5 nitrogen and oxygen atoms in total. The number of nitrogens with one attached hydrogen (secondary N) is 1. The van der Waals surface area contributed by atoms with E-state index in [4.69, 9.17) is 0 Å². The summed E-state index contributed by atoms with van der Waals surface area (Å²) in [6.45, 7) is 1.37. The molecule has 2 aromatic rings. The van der Waals surface area contributed by atoms with Crippen LogP contribution in [0.3, 0.4) is 0 Å². The third kappa shape index (κ3) is 2.59. The van der Waals surface area contributed by atoms with Gasteiger partial charge in [0.25, 0.3) is 10.0 Å². The first-order valence-electron chi connectivity index (χ1n) is 7.66. The highest BCUT2D eigenvalue weighted by molar-refractivity contribution is 7.90. The maximum Gasteiger partial charge on any atom is 0.286 e. The first-order valence-corrected chi connectivity index (χ1v) is 9.10. The summed E-state index contributed by atoms with van der Waals surface area (Å²) in [5, 5.41) is 3.16. The van der Waals surface area contributed by atoms with Crippen molar-refractivity contribution in [2.24, 2.45) is 4.40 Å². The van der Waals surface area contributed by atoms with E-state index in [1.807, 2.05) is 18.2 Å². The second-order valence-corrected chi connectivity index (χ2v) is 7.36. The lowest BCUT2D eigenvalue weighted by atomic mass is 10.0. The Kier molecular flexibility index (Phi) is 3.34. The molecule has 2 aromatic carbocycles. The number of benzene rings is 2. The average Bonchev–Trinajstić information content (AvgIpc) is 2.55. The lowest BCUT2D eigenvalue weighted by molar-refractivity contribution is 0.597. The molecule has 6 heteroatoms. The molecule has 0 fully saturated rings. The Labute approximate surface area is 135 Å². The van der Waals surface area contributed by atoms with E-state index in [1.165, 1.54) is 11.3 Å². The van der Waals surface area contributed by atoms with Gasteiger partial charge in [0.05, 0.1) is 12.2 Å². The Balaban J connectivity index is 1.66. The minimum atomic E-state index is -3.62. The molecule has 2 aliphatic heterocycles. The predicted octanol–water partition coefficient (Wildman–Crippen LogP) is 2.65. The lowest BCUT2D eigenvalue weighted by Gasteiger charge is -2.32. The fraction of sp³-hybridized carbons (Fsp3) is 0.235. The monoisotopic (exact) mass is 327 g/mol. The minimum Gasteiger partial charge on any atom is -0.364 e. The Morgan fingerprint density at radius 3 is 2.78 bits per heavy atom. The summed E-state index contributed by atoms with van der Waals surface area (Å²) in [5.41, 5.74) is 3.07. The van der Waals surface area contributed by atoms with E-state index in [1.54, 1.807) is 18.2 Å². The second kappa shape index (κ2) is 5.38. The van der Waals surface area contributed by atoms with Gasteiger partial charge in [-0.3, -0.25) is 0 Å². The van der Waals surface area contributed by atoms with E-state index in [-0.39, 0.29) is 4.90 Å². The van der Waals surface area contributed by atoms with E-state index in [2.05, 4.69) is 26.7 Å². The standard InChI is InChI=1S/C17H17N3O2S/c21-23(22)16-10-4-2-8-14(16)18-17(19-23)12-20-11-5-7-13-6-1-3-9-15(13)20/h1-4,6,8-10H,5,7,11-12H2,(H,18,19). The highest BCUT2D eigenvalue weighted by Crippen LogP contribution is 2.29. The Morgan fingerprint density at radius 1 is 1.09 bits per heavy atom. The van der Waals surface area contributed by atoms with E-state index >= 15 is 0 Å². The van der Waals surface area contributed by atoms with Crippen LogP contribution in [-0.4, -0.2) is 27.3 Å². The number of anilines is 2. The average molecular weight is 327 g/mol. The number of hydrogen-bond donors (Lipinski definition) is 1. The van der Waals surface area contributed by atoms with Crippen LogP contribution < -0.4 is 10.2 Å². The maximum atomic E-state index is 12.3. The molecule has 0 saturated carbocycles. The van der Waals surface area contributed by atoms with Gasteiger partial charge in [-0.25, -0.2) is 0 Å². The third-order valence-electron chi connectivity index (χ3n) is 4.22. The zero-order chi connectivity index (χ0) is 15.9. The van der Waals surface area contributed by atoms with Gasteiger partial charge in [-0.2, -0.15) is 8.42 Å². The van der Waals surface area contributed by atoms with Crippen LogP contribution in [0.25, 0.3) is 0 Å². The van der Waals surface area contributed by atoms with Crippen molar-refractivity contribution in [1.29, 1.82) is 0 Å². The molecule has 0 aromatic heterocycles. The minimum absolute atomic E-state index is 0.239. The highest BCUT2D eigenvalue weighted by Gasteiger charge is 2.26. The number of para-hydroxylation sites is 2. The van der Waals surface area contributed by atoms with Crippen LogP contribution >= 0.6 is 0 Å². The number of amidine groups is 1. The molecule has 118 valence electrons. The lowest BCUT2D eigenvalue weighted by Crippen LogP contribution is -2.38. The molecule has 0 amide bonds. The van der Waals surface area contributed by atoms with E-state index in [9.17, 15) is 8.42 Å². The van der Waals surface area contributed by atoms with Crippen molar-refractivity contribution in [2.45, 2.75) is 17.7 Å². The summed E-state index contributed by atoms with van der Waals surface area (Å²) >= 11 is 0. The Morgan fingerprint density at radius 2 is 1.87 bits per heavy atom. The summed E-state index contributed by atoms with van der Waals surface area (Å²) in [6.07, 6.45) is 2.13. The second-order valence-electron chi connectivity index (χ2n) is 5.79. The quantitative estimate of drug-likeness (QED) is 0.921. The molecule has 0 atom stereocenters. The van der Waals surface area contributed by atoms with Crippen molar-refractivity contribution >= 4 is 27.2 Å².